The van der Waals surface area contributed by atoms with Crippen LogP contribution in [0.15, 0.2) is 79.1 Å². The number of aromatic nitrogens is 3. The van der Waals surface area contributed by atoms with Gasteiger partial charge in [0.25, 0.3) is 0 Å². The first-order valence-corrected chi connectivity index (χ1v) is 7.94. The highest BCUT2D eigenvalue weighted by Crippen LogP contribution is 2.26. The molecule has 4 aromatic rings. The third kappa shape index (κ3) is 3.30. The molecule has 0 N–H and O–H groups in total. The standard InChI is InChI=1S/C20H15FN4/c21-16-8-4-9-17(12-16)25(14-15-6-2-1-3-7-15)20-23-13-19-18(24-20)10-5-11-22-19/h1-13H,14H2. The highest BCUT2D eigenvalue weighted by molar-refractivity contribution is 5.75. The third-order valence-electron chi connectivity index (χ3n) is 3.88. The Labute approximate surface area is 144 Å². The molecule has 2 aromatic heterocycles. The minimum atomic E-state index is -0.294. The minimum Gasteiger partial charge on any atom is -0.306 e. The van der Waals surface area contributed by atoms with E-state index in [1.54, 1.807) is 18.5 Å². The largest absolute Gasteiger partial charge is 0.306 e. The Morgan fingerprint density at radius 1 is 0.840 bits per heavy atom. The maximum absolute atomic E-state index is 13.8. The van der Waals surface area contributed by atoms with Crippen LogP contribution in [0.1, 0.15) is 5.56 Å². The van der Waals surface area contributed by atoms with Crippen LogP contribution in [0.25, 0.3) is 11.0 Å². The molecular formula is C20H15FN4. The molecule has 0 unspecified atom stereocenters. The summed E-state index contributed by atoms with van der Waals surface area (Å²) in [5.41, 5.74) is 3.26. The highest BCUT2D eigenvalue weighted by atomic mass is 19.1. The predicted molar refractivity (Wildman–Crippen MR) is 96.0 cm³/mol. The highest BCUT2D eigenvalue weighted by Gasteiger charge is 2.14. The molecule has 0 fully saturated rings. The fourth-order valence-electron chi connectivity index (χ4n) is 2.68. The molecule has 0 amide bonds. The number of fused-ring (bicyclic) bond motifs is 1. The van der Waals surface area contributed by atoms with Gasteiger partial charge in [0.1, 0.15) is 11.3 Å². The van der Waals surface area contributed by atoms with E-state index in [-0.39, 0.29) is 5.82 Å². The second-order valence-corrected chi connectivity index (χ2v) is 5.63. The van der Waals surface area contributed by atoms with Crippen molar-refractivity contribution < 1.29 is 4.39 Å². The van der Waals surface area contributed by atoms with Crippen LogP contribution in [0.3, 0.4) is 0 Å². The smallest absolute Gasteiger partial charge is 0.230 e. The van der Waals surface area contributed by atoms with Gasteiger partial charge in [-0.2, -0.15) is 0 Å². The summed E-state index contributed by atoms with van der Waals surface area (Å²) in [5, 5.41) is 0. The van der Waals surface area contributed by atoms with Gasteiger partial charge < -0.3 is 4.90 Å². The van der Waals surface area contributed by atoms with Gasteiger partial charge in [-0.1, -0.05) is 36.4 Å². The van der Waals surface area contributed by atoms with E-state index >= 15 is 0 Å². The fourth-order valence-corrected chi connectivity index (χ4v) is 2.68. The zero-order chi connectivity index (χ0) is 17.1. The van der Waals surface area contributed by atoms with E-state index in [2.05, 4.69) is 15.0 Å². The summed E-state index contributed by atoms with van der Waals surface area (Å²) in [4.78, 5) is 15.2. The van der Waals surface area contributed by atoms with Gasteiger partial charge in [-0.15, -0.1) is 0 Å². The molecular weight excluding hydrogens is 315 g/mol. The number of benzene rings is 2. The van der Waals surface area contributed by atoms with Crippen molar-refractivity contribution in [2.24, 2.45) is 0 Å². The summed E-state index contributed by atoms with van der Waals surface area (Å²) in [6, 6.07) is 20.1. The van der Waals surface area contributed by atoms with Crippen LogP contribution in [-0.2, 0) is 6.54 Å². The van der Waals surface area contributed by atoms with Crippen LogP contribution in [0, 0.1) is 5.82 Å². The van der Waals surface area contributed by atoms with E-state index in [1.807, 2.05) is 53.4 Å². The van der Waals surface area contributed by atoms with Crippen molar-refractivity contribution >= 4 is 22.7 Å². The van der Waals surface area contributed by atoms with Gasteiger partial charge in [0.2, 0.25) is 5.95 Å². The average Bonchev–Trinajstić information content (AvgIpc) is 2.66. The van der Waals surface area contributed by atoms with Crippen molar-refractivity contribution in [2.45, 2.75) is 6.54 Å². The van der Waals surface area contributed by atoms with Crippen molar-refractivity contribution in [2.75, 3.05) is 4.90 Å². The van der Waals surface area contributed by atoms with E-state index < -0.39 is 0 Å². The number of anilines is 2. The molecule has 0 atom stereocenters. The lowest BCUT2D eigenvalue weighted by Gasteiger charge is -2.23. The molecule has 0 saturated carbocycles. The second kappa shape index (κ2) is 6.65. The fraction of sp³-hybridized carbons (Fsp3) is 0.0500. The average molecular weight is 330 g/mol. The summed E-state index contributed by atoms with van der Waals surface area (Å²) in [6.07, 6.45) is 3.40. The zero-order valence-electron chi connectivity index (χ0n) is 13.4. The second-order valence-electron chi connectivity index (χ2n) is 5.63. The van der Waals surface area contributed by atoms with Crippen molar-refractivity contribution in [3.05, 3.63) is 90.5 Å². The molecule has 0 radical (unpaired) electrons. The third-order valence-corrected chi connectivity index (χ3v) is 3.88. The molecule has 2 aromatic carbocycles. The molecule has 4 nitrogen and oxygen atoms in total. The number of pyridine rings is 1. The summed E-state index contributed by atoms with van der Waals surface area (Å²) >= 11 is 0. The number of hydrogen-bond donors (Lipinski definition) is 0. The Kier molecular flexibility index (Phi) is 4.04. The Balaban J connectivity index is 1.80. The van der Waals surface area contributed by atoms with E-state index in [0.717, 1.165) is 16.6 Å². The number of halogens is 1. The van der Waals surface area contributed by atoms with Crippen molar-refractivity contribution in [1.82, 2.24) is 15.0 Å². The lowest BCUT2D eigenvalue weighted by molar-refractivity contribution is 0.627. The Hall–Kier alpha value is -3.34. The van der Waals surface area contributed by atoms with Gasteiger partial charge in [0.15, 0.2) is 0 Å². The van der Waals surface area contributed by atoms with Crippen LogP contribution in [-0.4, -0.2) is 15.0 Å². The minimum absolute atomic E-state index is 0.294. The predicted octanol–water partition coefficient (Wildman–Crippen LogP) is 4.50. The van der Waals surface area contributed by atoms with Crippen LogP contribution >= 0.6 is 0 Å². The first-order chi connectivity index (χ1) is 12.3. The van der Waals surface area contributed by atoms with Crippen molar-refractivity contribution in [3.63, 3.8) is 0 Å². The molecule has 0 saturated heterocycles. The first kappa shape index (κ1) is 15.2. The molecule has 4 rings (SSSR count). The summed E-state index contributed by atoms with van der Waals surface area (Å²) in [6.45, 7) is 0.538. The van der Waals surface area contributed by atoms with Crippen LogP contribution in [0.2, 0.25) is 0 Å². The van der Waals surface area contributed by atoms with Gasteiger partial charge >= 0.3 is 0 Å². The number of nitrogens with zero attached hydrogens (tertiary/aromatic N) is 4. The molecule has 2 heterocycles. The van der Waals surface area contributed by atoms with Crippen LogP contribution in [0.4, 0.5) is 16.0 Å². The summed E-state index contributed by atoms with van der Waals surface area (Å²) in [7, 11) is 0. The van der Waals surface area contributed by atoms with Gasteiger partial charge in [-0.05, 0) is 35.9 Å². The lowest BCUT2D eigenvalue weighted by atomic mass is 10.2. The monoisotopic (exact) mass is 330 g/mol. The molecule has 5 heteroatoms. The molecule has 122 valence electrons. The lowest BCUT2D eigenvalue weighted by Crippen LogP contribution is -2.19. The maximum Gasteiger partial charge on any atom is 0.230 e. The SMILES string of the molecule is Fc1cccc(N(Cc2ccccc2)c2ncc3ncccc3n2)c1. The van der Waals surface area contributed by atoms with E-state index in [1.165, 1.54) is 12.1 Å². The zero-order valence-corrected chi connectivity index (χ0v) is 13.4. The van der Waals surface area contributed by atoms with E-state index in [9.17, 15) is 4.39 Å². The van der Waals surface area contributed by atoms with E-state index in [0.29, 0.717) is 18.2 Å². The van der Waals surface area contributed by atoms with Gasteiger partial charge in [0, 0.05) is 11.9 Å². The maximum atomic E-state index is 13.8. The quantitative estimate of drug-likeness (QED) is 0.552. The molecule has 0 aliphatic heterocycles. The van der Waals surface area contributed by atoms with Crippen molar-refractivity contribution in [1.29, 1.82) is 0 Å². The van der Waals surface area contributed by atoms with E-state index in [4.69, 9.17) is 0 Å². The molecule has 0 bridgehead atoms. The van der Waals surface area contributed by atoms with Crippen LogP contribution in [0.5, 0.6) is 0 Å². The van der Waals surface area contributed by atoms with Gasteiger partial charge in [-0.25, -0.2) is 14.4 Å². The summed E-state index contributed by atoms with van der Waals surface area (Å²) < 4.78 is 13.8. The van der Waals surface area contributed by atoms with Gasteiger partial charge in [0.05, 0.1) is 18.3 Å². The van der Waals surface area contributed by atoms with Crippen LogP contribution < -0.4 is 4.90 Å². The topological polar surface area (TPSA) is 41.9 Å². The Morgan fingerprint density at radius 3 is 2.56 bits per heavy atom. The first-order valence-electron chi connectivity index (χ1n) is 7.94. The Bertz CT molecular complexity index is 1000. The number of rotatable bonds is 4. The van der Waals surface area contributed by atoms with Crippen molar-refractivity contribution in [3.8, 4) is 0 Å². The van der Waals surface area contributed by atoms with Gasteiger partial charge in [-0.3, -0.25) is 4.98 Å². The Morgan fingerprint density at radius 2 is 1.72 bits per heavy atom. The molecule has 0 spiro atoms. The normalized spacial score (nSPS) is 10.8. The molecule has 25 heavy (non-hydrogen) atoms. The summed E-state index contributed by atoms with van der Waals surface area (Å²) in [5.74, 6) is 0.216. The number of hydrogen-bond acceptors (Lipinski definition) is 4. The molecule has 0 aliphatic carbocycles. The molecule has 0 aliphatic rings.